The Hall–Kier alpha value is -2.38. The molecule has 1 aliphatic rings. The second-order valence-electron chi connectivity index (χ2n) is 6.07. The first-order chi connectivity index (χ1) is 11.0. The van der Waals surface area contributed by atoms with E-state index >= 15 is 0 Å². The van der Waals surface area contributed by atoms with Crippen LogP contribution in [-0.4, -0.2) is 31.8 Å². The molecule has 8 heteroatoms. The Morgan fingerprint density at radius 2 is 1.87 bits per heavy atom. The minimum atomic E-state index is -0.359. The van der Waals surface area contributed by atoms with Gasteiger partial charge in [0.15, 0.2) is 11.2 Å². The first kappa shape index (κ1) is 15.5. The maximum absolute atomic E-state index is 12.8. The normalized spacial score (nSPS) is 21.5. The van der Waals surface area contributed by atoms with Crippen LogP contribution in [0, 0.1) is 5.92 Å². The molecule has 0 aromatic carbocycles. The highest BCUT2D eigenvalue weighted by Gasteiger charge is 2.30. The maximum atomic E-state index is 12.8. The highest BCUT2D eigenvalue weighted by molar-refractivity contribution is 5.72. The molecule has 0 bridgehead atoms. The van der Waals surface area contributed by atoms with Gasteiger partial charge in [0.1, 0.15) is 0 Å². The number of esters is 1. The van der Waals surface area contributed by atoms with Crippen molar-refractivity contribution in [1.82, 2.24) is 18.7 Å². The Bertz CT molecular complexity index is 868. The minimum Gasteiger partial charge on any atom is -0.469 e. The number of nitrogens with zero attached hydrogens (tertiary/aromatic N) is 4. The van der Waals surface area contributed by atoms with Gasteiger partial charge in [-0.3, -0.25) is 18.7 Å². The number of carbonyl (C=O) groups excluding carboxylic acids is 1. The molecule has 3 rings (SSSR count). The van der Waals surface area contributed by atoms with Crippen molar-refractivity contribution in [3.63, 3.8) is 0 Å². The highest BCUT2D eigenvalue weighted by atomic mass is 16.5. The first-order valence-electron chi connectivity index (χ1n) is 7.66. The zero-order valence-electron chi connectivity index (χ0n) is 13.5. The van der Waals surface area contributed by atoms with E-state index in [1.807, 2.05) is 0 Å². The van der Waals surface area contributed by atoms with Gasteiger partial charge in [-0.05, 0) is 25.7 Å². The van der Waals surface area contributed by atoms with Gasteiger partial charge >= 0.3 is 11.7 Å². The lowest BCUT2D eigenvalue weighted by molar-refractivity contribution is -0.146. The lowest BCUT2D eigenvalue weighted by Crippen LogP contribution is -2.43. The van der Waals surface area contributed by atoms with E-state index in [4.69, 9.17) is 4.74 Å². The molecule has 2 aromatic rings. The summed E-state index contributed by atoms with van der Waals surface area (Å²) in [5.74, 6) is -0.359. The van der Waals surface area contributed by atoms with E-state index in [2.05, 4.69) is 4.98 Å². The SMILES string of the molecule is COC(=O)C1CCC(n2c(=O)c3c(ncn3C)n(C)c2=O)CC1. The monoisotopic (exact) mass is 320 g/mol. The van der Waals surface area contributed by atoms with Gasteiger partial charge < -0.3 is 9.30 Å². The van der Waals surface area contributed by atoms with Crippen molar-refractivity contribution in [2.45, 2.75) is 31.7 Å². The number of aryl methyl sites for hydroxylation is 2. The molecule has 2 heterocycles. The molecule has 23 heavy (non-hydrogen) atoms. The van der Waals surface area contributed by atoms with Gasteiger partial charge in [-0.2, -0.15) is 0 Å². The number of aromatic nitrogens is 4. The summed E-state index contributed by atoms with van der Waals surface area (Å²) >= 11 is 0. The van der Waals surface area contributed by atoms with Gasteiger partial charge in [-0.15, -0.1) is 0 Å². The lowest BCUT2D eigenvalue weighted by atomic mass is 9.86. The predicted octanol–water partition coefficient (Wildman–Crippen LogP) is 0.338. The smallest absolute Gasteiger partial charge is 0.332 e. The number of hydrogen-bond acceptors (Lipinski definition) is 5. The Balaban J connectivity index is 2.02. The molecule has 2 aromatic heterocycles. The van der Waals surface area contributed by atoms with Crippen molar-refractivity contribution in [3.8, 4) is 0 Å². The Kier molecular flexibility index (Phi) is 3.83. The van der Waals surface area contributed by atoms with Crippen LogP contribution in [-0.2, 0) is 23.6 Å². The standard InChI is InChI=1S/C15H20N4O4/c1-17-8-16-12-11(17)13(20)19(15(22)18(12)2)10-6-4-9(5-7-10)14(21)23-3/h8-10H,4-7H2,1-3H3. The third-order valence-corrected chi connectivity index (χ3v) is 4.75. The van der Waals surface area contributed by atoms with Crippen molar-refractivity contribution in [2.75, 3.05) is 7.11 Å². The van der Waals surface area contributed by atoms with Crippen molar-refractivity contribution < 1.29 is 9.53 Å². The average Bonchev–Trinajstić information content (AvgIpc) is 2.95. The van der Waals surface area contributed by atoms with E-state index in [9.17, 15) is 14.4 Å². The second-order valence-corrected chi connectivity index (χ2v) is 6.07. The molecular formula is C15H20N4O4. The molecule has 0 saturated heterocycles. The zero-order valence-corrected chi connectivity index (χ0v) is 13.5. The summed E-state index contributed by atoms with van der Waals surface area (Å²) in [6.07, 6.45) is 3.99. The van der Waals surface area contributed by atoms with Gasteiger partial charge in [-0.25, -0.2) is 9.78 Å². The van der Waals surface area contributed by atoms with Gasteiger partial charge in [0.25, 0.3) is 5.56 Å². The largest absolute Gasteiger partial charge is 0.469 e. The quantitative estimate of drug-likeness (QED) is 0.745. The van der Waals surface area contributed by atoms with Gasteiger partial charge in [0.2, 0.25) is 0 Å². The van der Waals surface area contributed by atoms with Crippen molar-refractivity contribution >= 4 is 17.1 Å². The van der Waals surface area contributed by atoms with Crippen LogP contribution in [0.4, 0.5) is 0 Å². The molecule has 1 saturated carbocycles. The van der Waals surface area contributed by atoms with Crippen LogP contribution in [0.5, 0.6) is 0 Å². The third-order valence-electron chi connectivity index (χ3n) is 4.75. The van der Waals surface area contributed by atoms with E-state index in [0.29, 0.717) is 36.8 Å². The second kappa shape index (κ2) is 5.68. The van der Waals surface area contributed by atoms with Gasteiger partial charge in [-0.1, -0.05) is 0 Å². The van der Waals surface area contributed by atoms with Crippen molar-refractivity contribution in [3.05, 3.63) is 27.2 Å². The van der Waals surface area contributed by atoms with Crippen LogP contribution in [0.25, 0.3) is 11.2 Å². The van der Waals surface area contributed by atoms with Gasteiger partial charge in [0, 0.05) is 20.1 Å². The van der Waals surface area contributed by atoms with Crippen molar-refractivity contribution in [1.29, 1.82) is 0 Å². The fourth-order valence-electron chi connectivity index (χ4n) is 3.42. The predicted molar refractivity (Wildman–Crippen MR) is 83.2 cm³/mol. The maximum Gasteiger partial charge on any atom is 0.332 e. The van der Waals surface area contributed by atoms with E-state index < -0.39 is 0 Å². The van der Waals surface area contributed by atoms with Gasteiger partial charge in [0.05, 0.1) is 19.4 Å². The Morgan fingerprint density at radius 1 is 1.22 bits per heavy atom. The Morgan fingerprint density at radius 3 is 2.48 bits per heavy atom. The summed E-state index contributed by atoms with van der Waals surface area (Å²) in [6.45, 7) is 0. The third kappa shape index (κ3) is 2.38. The fourth-order valence-corrected chi connectivity index (χ4v) is 3.42. The molecule has 0 unspecified atom stereocenters. The van der Waals surface area contributed by atoms with E-state index in [-0.39, 0.29) is 29.2 Å². The zero-order chi connectivity index (χ0) is 16.7. The number of methoxy groups -OCH3 is 1. The van der Waals surface area contributed by atoms with E-state index in [0.717, 1.165) is 0 Å². The van der Waals surface area contributed by atoms with Crippen LogP contribution in [0.15, 0.2) is 15.9 Å². The summed E-state index contributed by atoms with van der Waals surface area (Å²) in [5, 5.41) is 0. The number of imidazole rings is 1. The molecule has 0 radical (unpaired) electrons. The molecule has 0 atom stereocenters. The molecular weight excluding hydrogens is 300 g/mol. The summed E-state index contributed by atoms with van der Waals surface area (Å²) in [6, 6.07) is -0.193. The topological polar surface area (TPSA) is 88.1 Å². The molecule has 0 aliphatic heterocycles. The molecule has 1 aliphatic carbocycles. The van der Waals surface area contributed by atoms with Crippen molar-refractivity contribution in [2.24, 2.45) is 20.0 Å². The van der Waals surface area contributed by atoms with E-state index in [1.165, 1.54) is 22.6 Å². The average molecular weight is 320 g/mol. The molecule has 0 amide bonds. The summed E-state index contributed by atoms with van der Waals surface area (Å²) < 4.78 is 9.13. The number of ether oxygens (including phenoxy) is 1. The molecule has 8 nitrogen and oxygen atoms in total. The van der Waals surface area contributed by atoms with Crippen LogP contribution < -0.4 is 11.2 Å². The summed E-state index contributed by atoms with van der Waals surface area (Å²) in [4.78, 5) is 41.1. The fraction of sp³-hybridized carbons (Fsp3) is 0.600. The Labute approximate surface area is 132 Å². The number of carbonyl (C=O) groups is 1. The molecule has 0 spiro atoms. The molecule has 124 valence electrons. The van der Waals surface area contributed by atoms with Crippen LogP contribution in [0.1, 0.15) is 31.7 Å². The molecule has 0 N–H and O–H groups in total. The van der Waals surface area contributed by atoms with Crippen LogP contribution >= 0.6 is 0 Å². The molecule has 1 fully saturated rings. The van der Waals surface area contributed by atoms with E-state index in [1.54, 1.807) is 18.7 Å². The number of rotatable bonds is 2. The summed E-state index contributed by atoms with van der Waals surface area (Å²) in [5.41, 5.74) is 0.136. The first-order valence-corrected chi connectivity index (χ1v) is 7.66. The lowest BCUT2D eigenvalue weighted by Gasteiger charge is -2.28. The van der Waals surface area contributed by atoms with Crippen LogP contribution in [0.2, 0.25) is 0 Å². The minimum absolute atomic E-state index is 0.142. The number of fused-ring (bicyclic) bond motifs is 1. The highest BCUT2D eigenvalue weighted by Crippen LogP contribution is 2.31. The summed E-state index contributed by atoms with van der Waals surface area (Å²) in [7, 11) is 4.73. The van der Waals surface area contributed by atoms with Crippen LogP contribution in [0.3, 0.4) is 0 Å². The number of hydrogen-bond donors (Lipinski definition) is 0.